The first-order chi connectivity index (χ1) is 2.56. The Morgan fingerprint density at radius 2 is 1.50 bits per heavy atom. The van der Waals surface area contributed by atoms with Gasteiger partial charge in [-0.25, -0.2) is 0 Å². The van der Waals surface area contributed by atoms with Crippen LogP contribution in [0.25, 0.3) is 5.53 Å². The molecule has 0 bridgehead atoms. The third-order valence-electron chi connectivity index (χ3n) is 0.300. The van der Waals surface area contributed by atoms with Crippen molar-refractivity contribution in [3.05, 3.63) is 5.53 Å². The first-order valence-corrected chi connectivity index (χ1v) is 1.92. The fourth-order valence-corrected chi connectivity index (χ4v) is 0. The lowest BCUT2D eigenvalue weighted by Gasteiger charge is -2.13. The molecule has 2 nitrogen and oxygen atoms in total. The second-order valence-electron chi connectivity index (χ2n) is 2.27. The van der Waals surface area contributed by atoms with Crippen molar-refractivity contribution in [2.45, 2.75) is 26.3 Å². The summed E-state index contributed by atoms with van der Waals surface area (Å²) in [5, 5.41) is 3.02. The van der Waals surface area contributed by atoms with Crippen LogP contribution < -0.4 is 0 Å². The van der Waals surface area contributed by atoms with Gasteiger partial charge in [0.2, 0.25) is 0 Å². The standard InChI is InChI=1S/C4H9N2/c1-4(2,3)6-5/h1-3H3/q-1. The molecule has 6 heavy (non-hydrogen) atoms. The second-order valence-corrected chi connectivity index (χ2v) is 2.27. The minimum Gasteiger partial charge on any atom is -0.711 e. The Morgan fingerprint density at radius 1 is 1.33 bits per heavy atom. The van der Waals surface area contributed by atoms with E-state index in [1.807, 2.05) is 20.8 Å². The highest BCUT2D eigenvalue weighted by molar-refractivity contribution is 4.66. The minimum absolute atomic E-state index is 0.278. The maximum atomic E-state index is 8.03. The maximum Gasteiger partial charge on any atom is 0.0288 e. The normalized spacial score (nSPS) is 11.2. The van der Waals surface area contributed by atoms with Crippen LogP contribution in [0.15, 0.2) is 5.11 Å². The van der Waals surface area contributed by atoms with Crippen molar-refractivity contribution in [2.75, 3.05) is 0 Å². The van der Waals surface area contributed by atoms with E-state index in [1.165, 1.54) is 0 Å². The first kappa shape index (κ1) is 5.60. The van der Waals surface area contributed by atoms with Crippen LogP contribution in [-0.4, -0.2) is 5.54 Å². The van der Waals surface area contributed by atoms with E-state index in [0.717, 1.165) is 0 Å². The van der Waals surface area contributed by atoms with Crippen molar-refractivity contribution >= 4 is 0 Å². The highest BCUT2D eigenvalue weighted by Gasteiger charge is 1.97. The molecule has 0 aliphatic rings. The van der Waals surface area contributed by atoms with E-state index >= 15 is 0 Å². The van der Waals surface area contributed by atoms with Gasteiger partial charge >= 0.3 is 0 Å². The van der Waals surface area contributed by atoms with Gasteiger partial charge in [-0.3, -0.25) is 0 Å². The van der Waals surface area contributed by atoms with Crippen LogP contribution in [-0.2, 0) is 0 Å². The number of hydrogen-bond acceptors (Lipinski definition) is 1. The summed E-state index contributed by atoms with van der Waals surface area (Å²) < 4.78 is 0. The van der Waals surface area contributed by atoms with Crippen molar-refractivity contribution < 1.29 is 0 Å². The molecule has 0 fully saturated rings. The summed E-state index contributed by atoms with van der Waals surface area (Å²) in [5.74, 6) is 0. The molecule has 0 aromatic heterocycles. The molecule has 2 heteroatoms. The van der Waals surface area contributed by atoms with Gasteiger partial charge in [-0.15, -0.1) is 0 Å². The first-order valence-electron chi connectivity index (χ1n) is 1.92. The molecule has 0 unspecified atom stereocenters. The van der Waals surface area contributed by atoms with E-state index in [4.69, 9.17) is 5.53 Å². The van der Waals surface area contributed by atoms with Crippen LogP contribution in [0, 0.1) is 0 Å². The number of nitrogens with zero attached hydrogens (tertiary/aromatic N) is 2. The third-order valence-corrected chi connectivity index (χ3v) is 0.300. The second kappa shape index (κ2) is 1.37. The molecule has 0 aromatic rings. The van der Waals surface area contributed by atoms with E-state index in [9.17, 15) is 0 Å². The Hall–Kier alpha value is -0.400. The maximum absolute atomic E-state index is 8.03. The molecule has 0 N–H and O–H groups in total. The van der Waals surface area contributed by atoms with E-state index in [0.29, 0.717) is 0 Å². The quantitative estimate of drug-likeness (QED) is 0.402. The van der Waals surface area contributed by atoms with E-state index < -0.39 is 0 Å². The average Bonchev–Trinajstić information content (AvgIpc) is 1.35. The molecule has 0 saturated heterocycles. The topological polar surface area (TPSA) is 34.7 Å². The van der Waals surface area contributed by atoms with Gasteiger partial charge in [0.15, 0.2) is 0 Å². The van der Waals surface area contributed by atoms with E-state index in [2.05, 4.69) is 5.11 Å². The van der Waals surface area contributed by atoms with Crippen LogP contribution in [0.4, 0.5) is 0 Å². The van der Waals surface area contributed by atoms with Crippen molar-refractivity contribution in [3.8, 4) is 0 Å². The van der Waals surface area contributed by atoms with Gasteiger partial charge in [-0.05, 0) is 20.8 Å². The van der Waals surface area contributed by atoms with Gasteiger partial charge in [0.05, 0.1) is 0 Å². The van der Waals surface area contributed by atoms with Gasteiger partial charge in [0.25, 0.3) is 0 Å². The lowest BCUT2D eigenvalue weighted by molar-refractivity contribution is 0.578. The Balaban J connectivity index is 3.45. The van der Waals surface area contributed by atoms with Crippen molar-refractivity contribution in [2.24, 2.45) is 5.11 Å². The third kappa shape index (κ3) is 3.60. The molecule has 0 rings (SSSR count). The van der Waals surface area contributed by atoms with Crippen molar-refractivity contribution in [1.29, 1.82) is 0 Å². The van der Waals surface area contributed by atoms with Crippen molar-refractivity contribution in [1.82, 2.24) is 0 Å². The molecule has 0 radical (unpaired) electrons. The molecule has 0 saturated carbocycles. The molecule has 0 atom stereocenters. The molecule has 0 amide bonds. The summed E-state index contributed by atoms with van der Waals surface area (Å²) in [4.78, 5) is 0. The smallest absolute Gasteiger partial charge is 0.0288 e. The molecular weight excluding hydrogens is 76.1 g/mol. The highest BCUT2D eigenvalue weighted by atomic mass is 15.0. The van der Waals surface area contributed by atoms with Crippen molar-refractivity contribution in [3.63, 3.8) is 0 Å². The summed E-state index contributed by atoms with van der Waals surface area (Å²) >= 11 is 0. The highest BCUT2D eigenvalue weighted by Crippen LogP contribution is 2.03. The molecule has 0 aliphatic heterocycles. The average molecular weight is 85.1 g/mol. The number of rotatable bonds is 0. The Morgan fingerprint density at radius 3 is 1.50 bits per heavy atom. The van der Waals surface area contributed by atoms with Crippen LogP contribution in [0.2, 0.25) is 0 Å². The SMILES string of the molecule is CC(C)(C)N=[N-]. The molecule has 0 spiro atoms. The molecule has 36 valence electrons. The summed E-state index contributed by atoms with van der Waals surface area (Å²) in [5.41, 5.74) is 7.75. The predicted molar refractivity (Wildman–Crippen MR) is 25.5 cm³/mol. The Bertz CT molecular complexity index is 51.1. The lowest BCUT2D eigenvalue weighted by atomic mass is 10.1. The van der Waals surface area contributed by atoms with Gasteiger partial charge < -0.3 is 10.6 Å². The lowest BCUT2D eigenvalue weighted by Crippen LogP contribution is -2.06. The summed E-state index contributed by atoms with van der Waals surface area (Å²) in [6, 6.07) is 0. The van der Waals surface area contributed by atoms with Gasteiger partial charge in [-0.2, -0.15) is 0 Å². The largest absolute Gasteiger partial charge is 0.711 e. The zero-order valence-electron chi connectivity index (χ0n) is 4.39. The summed E-state index contributed by atoms with van der Waals surface area (Å²) in [7, 11) is 0. The van der Waals surface area contributed by atoms with Crippen LogP contribution in [0.3, 0.4) is 0 Å². The molecule has 0 aliphatic carbocycles. The molecule has 0 heterocycles. The Labute approximate surface area is 38.1 Å². The zero-order chi connectivity index (χ0) is 5.21. The van der Waals surface area contributed by atoms with Crippen LogP contribution in [0.1, 0.15) is 20.8 Å². The van der Waals surface area contributed by atoms with Crippen LogP contribution in [0.5, 0.6) is 0 Å². The predicted octanol–water partition coefficient (Wildman–Crippen LogP) is 1.81. The molecular formula is C4H9N2-. The minimum atomic E-state index is -0.278. The van der Waals surface area contributed by atoms with E-state index in [-0.39, 0.29) is 5.54 Å². The summed E-state index contributed by atoms with van der Waals surface area (Å²) in [6.45, 7) is 5.48. The van der Waals surface area contributed by atoms with Crippen LogP contribution >= 0.6 is 0 Å². The summed E-state index contributed by atoms with van der Waals surface area (Å²) in [6.07, 6.45) is 0. The fraction of sp³-hybridized carbons (Fsp3) is 1.00. The monoisotopic (exact) mass is 85.1 g/mol. The Kier molecular flexibility index (Phi) is 1.28. The molecule has 0 aromatic carbocycles. The van der Waals surface area contributed by atoms with Gasteiger partial charge in [0, 0.05) is 5.54 Å². The number of hydrogen-bond donors (Lipinski definition) is 0. The zero-order valence-corrected chi connectivity index (χ0v) is 4.39. The van der Waals surface area contributed by atoms with Gasteiger partial charge in [-0.1, -0.05) is 0 Å². The fourth-order valence-electron chi connectivity index (χ4n) is 0. The van der Waals surface area contributed by atoms with Gasteiger partial charge in [0.1, 0.15) is 0 Å². The van der Waals surface area contributed by atoms with E-state index in [1.54, 1.807) is 0 Å².